The van der Waals surface area contributed by atoms with Crippen molar-refractivity contribution in [3.05, 3.63) is 57.5 Å². The van der Waals surface area contributed by atoms with Gasteiger partial charge in [-0.05, 0) is 30.7 Å². The van der Waals surface area contributed by atoms with Crippen molar-refractivity contribution in [1.82, 2.24) is 5.16 Å². The van der Waals surface area contributed by atoms with Crippen LogP contribution in [0.1, 0.15) is 5.56 Å². The molecule has 3 aromatic rings. The zero-order valence-corrected chi connectivity index (χ0v) is 13.6. The number of aryl methyl sites for hydroxylation is 1. The highest BCUT2D eigenvalue weighted by atomic mass is 79.9. The number of nitrogen functional groups attached to an aromatic ring is 1. The lowest BCUT2D eigenvalue weighted by Gasteiger charge is -2.06. The van der Waals surface area contributed by atoms with Gasteiger partial charge in [-0.1, -0.05) is 62.5 Å². The average molecular weight is 364 g/mol. The molecule has 3 rings (SSSR count). The normalized spacial score (nSPS) is 10.8. The highest BCUT2D eigenvalue weighted by molar-refractivity contribution is 9.10. The van der Waals surface area contributed by atoms with Gasteiger partial charge in [-0.15, -0.1) is 0 Å². The molecule has 0 aliphatic rings. The maximum absolute atomic E-state index is 6.29. The van der Waals surface area contributed by atoms with Crippen molar-refractivity contribution in [3.8, 4) is 22.4 Å². The average Bonchev–Trinajstić information content (AvgIpc) is 2.83. The topological polar surface area (TPSA) is 52.0 Å². The molecule has 0 aliphatic carbocycles. The minimum absolute atomic E-state index is 0.284. The Morgan fingerprint density at radius 3 is 2.76 bits per heavy atom. The van der Waals surface area contributed by atoms with E-state index in [1.165, 1.54) is 0 Å². The first kappa shape index (κ1) is 14.2. The molecule has 0 atom stereocenters. The number of rotatable bonds is 2. The number of aromatic nitrogens is 1. The fraction of sp³-hybridized carbons (Fsp3) is 0.0625. The van der Waals surface area contributed by atoms with Crippen molar-refractivity contribution in [2.75, 3.05) is 5.73 Å². The highest BCUT2D eigenvalue weighted by Gasteiger charge is 2.19. The van der Waals surface area contributed by atoms with E-state index >= 15 is 0 Å². The zero-order valence-electron chi connectivity index (χ0n) is 11.2. The van der Waals surface area contributed by atoms with Crippen LogP contribution in [0.4, 0.5) is 5.88 Å². The summed E-state index contributed by atoms with van der Waals surface area (Å²) in [6.07, 6.45) is 0. The highest BCUT2D eigenvalue weighted by Crippen LogP contribution is 2.40. The Morgan fingerprint density at radius 2 is 2.00 bits per heavy atom. The van der Waals surface area contributed by atoms with E-state index in [-0.39, 0.29) is 5.88 Å². The number of hydrogen-bond donors (Lipinski definition) is 1. The van der Waals surface area contributed by atoms with Crippen LogP contribution in [-0.4, -0.2) is 5.16 Å². The van der Waals surface area contributed by atoms with E-state index in [9.17, 15) is 0 Å². The Morgan fingerprint density at radius 1 is 1.19 bits per heavy atom. The van der Waals surface area contributed by atoms with Gasteiger partial charge < -0.3 is 10.3 Å². The van der Waals surface area contributed by atoms with Gasteiger partial charge in [0.25, 0.3) is 0 Å². The Bertz CT molecular complexity index is 814. The summed E-state index contributed by atoms with van der Waals surface area (Å²) >= 11 is 9.73. The summed E-state index contributed by atoms with van der Waals surface area (Å²) in [5, 5.41) is 4.69. The summed E-state index contributed by atoms with van der Waals surface area (Å²) in [6, 6.07) is 13.6. The molecule has 1 heterocycles. The summed E-state index contributed by atoms with van der Waals surface area (Å²) in [6.45, 7) is 2.03. The molecule has 106 valence electrons. The molecule has 0 spiro atoms. The van der Waals surface area contributed by atoms with E-state index in [0.29, 0.717) is 10.7 Å². The Labute approximate surface area is 135 Å². The number of hydrogen-bond acceptors (Lipinski definition) is 3. The van der Waals surface area contributed by atoms with Crippen LogP contribution in [-0.2, 0) is 0 Å². The summed E-state index contributed by atoms with van der Waals surface area (Å²) in [5.41, 5.74) is 10.2. The second-order valence-corrected chi connectivity index (χ2v) is 6.09. The molecule has 0 unspecified atom stereocenters. The molecule has 3 nitrogen and oxygen atoms in total. The molecule has 2 N–H and O–H groups in total. The minimum Gasteiger partial charge on any atom is -0.367 e. The van der Waals surface area contributed by atoms with Gasteiger partial charge in [-0.3, -0.25) is 0 Å². The van der Waals surface area contributed by atoms with Gasteiger partial charge in [0.1, 0.15) is 5.69 Å². The maximum Gasteiger partial charge on any atom is 0.230 e. The van der Waals surface area contributed by atoms with Crippen molar-refractivity contribution in [1.29, 1.82) is 0 Å². The van der Waals surface area contributed by atoms with Crippen molar-refractivity contribution in [3.63, 3.8) is 0 Å². The van der Waals surface area contributed by atoms with Crippen LogP contribution >= 0.6 is 27.5 Å². The fourth-order valence-corrected chi connectivity index (χ4v) is 2.81. The van der Waals surface area contributed by atoms with Crippen LogP contribution in [0.3, 0.4) is 0 Å². The van der Waals surface area contributed by atoms with Crippen LogP contribution in [0.5, 0.6) is 0 Å². The predicted molar refractivity (Wildman–Crippen MR) is 89.2 cm³/mol. The molecule has 1 aromatic heterocycles. The third-order valence-corrected chi connectivity index (χ3v) is 4.03. The standard InChI is InChI=1S/C16H12BrClN2O/c1-9-3-2-4-10(7-9)14-15(20-21-16(14)19)12-8-11(17)5-6-13(12)18/h2-8H,19H2,1H3. The van der Waals surface area contributed by atoms with Gasteiger partial charge in [-0.2, -0.15) is 0 Å². The van der Waals surface area contributed by atoms with Crippen molar-refractivity contribution in [2.45, 2.75) is 6.92 Å². The first-order valence-corrected chi connectivity index (χ1v) is 7.51. The predicted octanol–water partition coefficient (Wildman–Crippen LogP) is 5.32. The molecule has 0 fully saturated rings. The molecule has 21 heavy (non-hydrogen) atoms. The van der Waals surface area contributed by atoms with Crippen LogP contribution in [0.25, 0.3) is 22.4 Å². The van der Waals surface area contributed by atoms with Crippen LogP contribution < -0.4 is 5.73 Å². The quantitative estimate of drug-likeness (QED) is 0.671. The third kappa shape index (κ3) is 2.69. The van der Waals surface area contributed by atoms with E-state index in [1.54, 1.807) is 0 Å². The summed E-state index contributed by atoms with van der Waals surface area (Å²) < 4.78 is 6.11. The van der Waals surface area contributed by atoms with Gasteiger partial charge in [0.2, 0.25) is 5.88 Å². The summed E-state index contributed by atoms with van der Waals surface area (Å²) in [4.78, 5) is 0. The van der Waals surface area contributed by atoms with Crippen LogP contribution in [0, 0.1) is 6.92 Å². The Kier molecular flexibility index (Phi) is 3.74. The maximum atomic E-state index is 6.29. The number of anilines is 1. The van der Waals surface area contributed by atoms with Crippen LogP contribution in [0.2, 0.25) is 5.02 Å². The van der Waals surface area contributed by atoms with E-state index < -0.39 is 0 Å². The van der Waals surface area contributed by atoms with Gasteiger partial charge in [-0.25, -0.2) is 0 Å². The van der Waals surface area contributed by atoms with Gasteiger partial charge in [0, 0.05) is 10.0 Å². The van der Waals surface area contributed by atoms with E-state index in [4.69, 9.17) is 21.9 Å². The van der Waals surface area contributed by atoms with Crippen molar-refractivity contribution in [2.24, 2.45) is 0 Å². The number of nitrogens with two attached hydrogens (primary N) is 1. The molecule has 0 saturated heterocycles. The van der Waals surface area contributed by atoms with Gasteiger partial charge >= 0.3 is 0 Å². The van der Waals surface area contributed by atoms with Gasteiger partial charge in [0.05, 0.1) is 10.6 Å². The number of benzene rings is 2. The second kappa shape index (κ2) is 5.54. The number of nitrogens with zero attached hydrogens (tertiary/aromatic N) is 1. The summed E-state index contributed by atoms with van der Waals surface area (Å²) in [7, 11) is 0. The van der Waals surface area contributed by atoms with Crippen molar-refractivity contribution < 1.29 is 4.52 Å². The van der Waals surface area contributed by atoms with E-state index in [0.717, 1.165) is 26.7 Å². The number of halogens is 2. The van der Waals surface area contributed by atoms with Gasteiger partial charge in [0.15, 0.2) is 0 Å². The largest absolute Gasteiger partial charge is 0.367 e. The molecular weight excluding hydrogens is 352 g/mol. The molecule has 0 aliphatic heterocycles. The lowest BCUT2D eigenvalue weighted by molar-refractivity contribution is 0.439. The molecule has 0 radical (unpaired) electrons. The smallest absolute Gasteiger partial charge is 0.230 e. The lowest BCUT2D eigenvalue weighted by atomic mass is 9.99. The van der Waals surface area contributed by atoms with Crippen molar-refractivity contribution >= 4 is 33.4 Å². The van der Waals surface area contributed by atoms with Crippen LogP contribution in [0.15, 0.2) is 51.5 Å². The molecular formula is C16H12BrClN2O. The molecule has 2 aromatic carbocycles. The first-order chi connectivity index (χ1) is 10.1. The second-order valence-electron chi connectivity index (χ2n) is 4.76. The molecule has 0 amide bonds. The monoisotopic (exact) mass is 362 g/mol. The first-order valence-electron chi connectivity index (χ1n) is 6.34. The Balaban J connectivity index is 2.24. The third-order valence-electron chi connectivity index (χ3n) is 3.21. The van der Waals surface area contributed by atoms with E-state index in [1.807, 2.05) is 49.4 Å². The fourth-order valence-electron chi connectivity index (χ4n) is 2.25. The minimum atomic E-state index is 0.284. The SMILES string of the molecule is Cc1cccc(-c2c(-c3cc(Br)ccc3Cl)noc2N)c1. The molecule has 0 saturated carbocycles. The lowest BCUT2D eigenvalue weighted by Crippen LogP contribution is -1.89. The summed E-state index contributed by atoms with van der Waals surface area (Å²) in [5.74, 6) is 0.284. The zero-order chi connectivity index (χ0) is 15.0. The Hall–Kier alpha value is -1.78. The van der Waals surface area contributed by atoms with E-state index in [2.05, 4.69) is 21.1 Å². The molecule has 0 bridgehead atoms. The molecule has 5 heteroatoms.